The summed E-state index contributed by atoms with van der Waals surface area (Å²) in [7, 11) is 0. The average molecular weight is 418 g/mol. The molecule has 3 heterocycles. The van der Waals surface area contributed by atoms with Crippen LogP contribution in [-0.2, 0) is 9.47 Å². The fourth-order valence-electron chi connectivity index (χ4n) is 3.35. The van der Waals surface area contributed by atoms with Crippen LogP contribution in [0.1, 0.15) is 66.0 Å². The molecule has 0 spiro atoms. The first kappa shape index (κ1) is 21.9. The van der Waals surface area contributed by atoms with E-state index in [1.807, 2.05) is 20.8 Å². The lowest BCUT2D eigenvalue weighted by molar-refractivity contribution is 0.0197. The summed E-state index contributed by atoms with van der Waals surface area (Å²) in [6.07, 6.45) is 2.49. The van der Waals surface area contributed by atoms with Gasteiger partial charge >= 0.3 is 12.2 Å². The number of rotatable bonds is 2. The molecule has 1 saturated heterocycles. The van der Waals surface area contributed by atoms with Gasteiger partial charge in [-0.2, -0.15) is 9.61 Å². The average Bonchev–Trinajstić information content (AvgIpc) is 3.07. The number of fused-ring (bicyclic) bond motifs is 1. The van der Waals surface area contributed by atoms with E-state index < -0.39 is 17.3 Å². The minimum atomic E-state index is -0.611. The lowest BCUT2D eigenvalue weighted by Crippen LogP contribution is -2.42. The van der Waals surface area contributed by atoms with Gasteiger partial charge in [0, 0.05) is 31.1 Å². The number of hydrogen-bond acceptors (Lipinski definition) is 6. The normalized spacial score (nSPS) is 17.7. The summed E-state index contributed by atoms with van der Waals surface area (Å²) in [5.74, 6) is 0.508. The van der Waals surface area contributed by atoms with E-state index >= 15 is 0 Å². The highest BCUT2D eigenvalue weighted by atomic mass is 16.6. The predicted octanol–water partition coefficient (Wildman–Crippen LogP) is 4.19. The van der Waals surface area contributed by atoms with Gasteiger partial charge in [0.1, 0.15) is 17.0 Å². The molecule has 9 nitrogen and oxygen atoms in total. The van der Waals surface area contributed by atoms with Crippen LogP contribution < -0.4 is 5.32 Å². The van der Waals surface area contributed by atoms with Gasteiger partial charge in [-0.3, -0.25) is 5.32 Å². The molecule has 1 N–H and O–H groups in total. The molecular formula is C21H31N5O4. The molecule has 164 valence electrons. The van der Waals surface area contributed by atoms with Crippen molar-refractivity contribution in [3.63, 3.8) is 0 Å². The Kier molecular flexibility index (Phi) is 5.92. The predicted molar refractivity (Wildman–Crippen MR) is 113 cm³/mol. The Balaban J connectivity index is 1.82. The number of nitrogens with one attached hydrogen (secondary N) is 1. The number of likely N-dealkylation sites (tertiary alicyclic amines) is 1. The van der Waals surface area contributed by atoms with Crippen LogP contribution in [0.3, 0.4) is 0 Å². The number of piperidine rings is 1. The lowest BCUT2D eigenvalue weighted by Gasteiger charge is -2.34. The van der Waals surface area contributed by atoms with Crippen molar-refractivity contribution in [2.45, 2.75) is 71.5 Å². The summed E-state index contributed by atoms with van der Waals surface area (Å²) in [4.78, 5) is 31.2. The van der Waals surface area contributed by atoms with Crippen LogP contribution in [0.5, 0.6) is 0 Å². The Hall–Kier alpha value is -2.84. The van der Waals surface area contributed by atoms with Gasteiger partial charge in [-0.15, -0.1) is 0 Å². The van der Waals surface area contributed by atoms with Gasteiger partial charge in [0.15, 0.2) is 5.65 Å². The van der Waals surface area contributed by atoms with Crippen LogP contribution in [0.2, 0.25) is 0 Å². The molecule has 2 aromatic rings. The summed E-state index contributed by atoms with van der Waals surface area (Å²) in [6.45, 7) is 12.2. The topological polar surface area (TPSA) is 98.1 Å². The second-order valence-electron chi connectivity index (χ2n) is 9.56. The monoisotopic (exact) mass is 417 g/mol. The standard InChI is InChI=1S/C21H31N5O4/c1-20(2,3)29-18(27)24-17-12-15(23-16-9-10-22-26(16)17)14-8-7-11-25(13-14)19(28)30-21(4,5)6/h9-10,12,14H,7-8,11,13H2,1-6H3,(H,24,27). The molecule has 0 aromatic carbocycles. The number of nitrogens with zero attached hydrogens (tertiary/aromatic N) is 4. The molecule has 1 aliphatic heterocycles. The zero-order valence-electron chi connectivity index (χ0n) is 18.6. The van der Waals surface area contributed by atoms with Crippen LogP contribution >= 0.6 is 0 Å². The highest BCUT2D eigenvalue weighted by Crippen LogP contribution is 2.29. The van der Waals surface area contributed by atoms with Gasteiger partial charge in [0.25, 0.3) is 0 Å². The van der Waals surface area contributed by atoms with Crippen molar-refractivity contribution < 1.29 is 19.1 Å². The second-order valence-corrected chi connectivity index (χ2v) is 9.56. The van der Waals surface area contributed by atoms with E-state index in [1.54, 1.807) is 48.5 Å². The first-order valence-corrected chi connectivity index (χ1v) is 10.2. The Labute approximate surface area is 176 Å². The smallest absolute Gasteiger partial charge is 0.413 e. The molecular weight excluding hydrogens is 386 g/mol. The third kappa shape index (κ3) is 5.61. The third-order valence-corrected chi connectivity index (χ3v) is 4.50. The summed E-state index contributed by atoms with van der Waals surface area (Å²) in [5, 5.41) is 7.00. The Bertz CT molecular complexity index is 926. The van der Waals surface area contributed by atoms with Crippen LogP contribution in [0.15, 0.2) is 18.3 Å². The first-order valence-electron chi connectivity index (χ1n) is 10.2. The Morgan fingerprint density at radius 2 is 1.83 bits per heavy atom. The number of anilines is 1. The number of carbonyl (C=O) groups is 2. The van der Waals surface area contributed by atoms with Gasteiger partial charge in [-0.25, -0.2) is 14.6 Å². The number of ether oxygens (including phenoxy) is 2. The van der Waals surface area contributed by atoms with Crippen molar-refractivity contribution >= 4 is 23.7 Å². The molecule has 2 aromatic heterocycles. The highest BCUT2D eigenvalue weighted by molar-refractivity contribution is 5.84. The molecule has 1 fully saturated rings. The second kappa shape index (κ2) is 8.12. The van der Waals surface area contributed by atoms with Crippen LogP contribution in [0, 0.1) is 0 Å². The lowest BCUT2D eigenvalue weighted by atomic mass is 9.94. The molecule has 1 unspecified atom stereocenters. The van der Waals surface area contributed by atoms with Crippen molar-refractivity contribution in [2.24, 2.45) is 0 Å². The number of hydrogen-bond donors (Lipinski definition) is 1. The molecule has 2 amide bonds. The Morgan fingerprint density at radius 3 is 2.50 bits per heavy atom. The zero-order valence-corrected chi connectivity index (χ0v) is 18.6. The summed E-state index contributed by atoms with van der Waals surface area (Å²) < 4.78 is 12.4. The van der Waals surface area contributed by atoms with Gasteiger partial charge in [-0.1, -0.05) is 0 Å². The Morgan fingerprint density at radius 1 is 1.13 bits per heavy atom. The zero-order chi connectivity index (χ0) is 22.1. The van der Waals surface area contributed by atoms with E-state index in [-0.39, 0.29) is 12.0 Å². The third-order valence-electron chi connectivity index (χ3n) is 4.50. The van der Waals surface area contributed by atoms with Crippen LogP contribution in [0.4, 0.5) is 15.4 Å². The van der Waals surface area contributed by atoms with Crippen LogP contribution in [0.25, 0.3) is 5.65 Å². The quantitative estimate of drug-likeness (QED) is 0.787. The fourth-order valence-corrected chi connectivity index (χ4v) is 3.35. The minimum Gasteiger partial charge on any atom is -0.444 e. The maximum atomic E-state index is 12.5. The SMILES string of the molecule is CC(C)(C)OC(=O)Nc1cc(C2CCCN(C(=O)OC(C)(C)C)C2)nc2ccnn12. The maximum Gasteiger partial charge on any atom is 0.413 e. The molecule has 1 aliphatic rings. The van der Waals surface area contributed by atoms with E-state index in [0.717, 1.165) is 18.5 Å². The molecule has 9 heteroatoms. The van der Waals surface area contributed by atoms with Crippen molar-refractivity contribution in [2.75, 3.05) is 18.4 Å². The van der Waals surface area contributed by atoms with E-state index in [0.29, 0.717) is 24.6 Å². The number of carbonyl (C=O) groups excluding carboxylic acids is 2. The van der Waals surface area contributed by atoms with Gasteiger partial charge in [0.05, 0.1) is 11.9 Å². The molecule has 30 heavy (non-hydrogen) atoms. The number of amides is 2. The van der Waals surface area contributed by atoms with Gasteiger partial charge in [-0.05, 0) is 54.4 Å². The summed E-state index contributed by atoms with van der Waals surface area (Å²) >= 11 is 0. The van der Waals surface area contributed by atoms with Crippen molar-refractivity contribution in [1.29, 1.82) is 0 Å². The fraction of sp³-hybridized carbons (Fsp3) is 0.619. The number of aromatic nitrogens is 3. The molecule has 0 aliphatic carbocycles. The summed E-state index contributed by atoms with van der Waals surface area (Å²) in [5.41, 5.74) is 0.263. The van der Waals surface area contributed by atoms with E-state index in [2.05, 4.69) is 10.4 Å². The molecule has 0 saturated carbocycles. The van der Waals surface area contributed by atoms with Crippen LogP contribution in [-0.4, -0.2) is 56.0 Å². The molecule has 0 radical (unpaired) electrons. The molecule has 3 rings (SSSR count). The van der Waals surface area contributed by atoms with Crippen molar-refractivity contribution in [1.82, 2.24) is 19.5 Å². The van der Waals surface area contributed by atoms with E-state index in [9.17, 15) is 9.59 Å². The first-order chi connectivity index (χ1) is 13.9. The maximum absolute atomic E-state index is 12.5. The molecule has 1 atom stereocenters. The van der Waals surface area contributed by atoms with Gasteiger partial charge in [0.2, 0.25) is 0 Å². The van der Waals surface area contributed by atoms with E-state index in [4.69, 9.17) is 14.5 Å². The van der Waals surface area contributed by atoms with Gasteiger partial charge < -0.3 is 14.4 Å². The van der Waals surface area contributed by atoms with Crippen molar-refractivity contribution in [3.8, 4) is 0 Å². The van der Waals surface area contributed by atoms with Crippen molar-refractivity contribution in [3.05, 3.63) is 24.0 Å². The highest BCUT2D eigenvalue weighted by Gasteiger charge is 2.30. The minimum absolute atomic E-state index is 0.0327. The van der Waals surface area contributed by atoms with E-state index in [1.165, 1.54) is 0 Å². The molecule has 0 bridgehead atoms. The summed E-state index contributed by atoms with van der Waals surface area (Å²) in [6, 6.07) is 3.57. The largest absolute Gasteiger partial charge is 0.444 e.